The van der Waals surface area contributed by atoms with Crippen molar-refractivity contribution < 1.29 is 52.8 Å². The molecular weight excluding hydrogens is 849 g/mol. The zero-order chi connectivity index (χ0) is 46.0. The highest BCUT2D eigenvalue weighted by Crippen LogP contribution is 2.40. The van der Waals surface area contributed by atoms with Crippen LogP contribution in [0.4, 0.5) is 0 Å². The van der Waals surface area contributed by atoms with Crippen molar-refractivity contribution >= 4 is 0 Å². The van der Waals surface area contributed by atoms with Gasteiger partial charge in [0, 0.05) is 13.0 Å². The molecule has 0 amide bonds. The molecule has 0 spiro atoms. The Morgan fingerprint density at radius 1 is 0.418 bits per heavy atom. The van der Waals surface area contributed by atoms with Crippen LogP contribution in [0.1, 0.15) is 33.4 Å². The molecule has 2 aliphatic heterocycles. The molecule has 11 heteroatoms. The molecular formula is C56H62O11. The SMILES string of the molecule is CO[C@H]1O[C@H](CO)[C@@H](OCc2ccccc2)[C@H](C(O)[C@H]2O[C@H](COCc3ccccc3)[C@@H](OCc3ccccc3)[C@@H](OCc3ccccc3)[C@H]2OCc2ccccc2)[C@@H]1OCc1ccccc1. The second-order valence-corrected chi connectivity index (χ2v) is 17.0. The monoisotopic (exact) mass is 910 g/mol. The number of methoxy groups -OCH3 is 1. The molecule has 0 bridgehead atoms. The number of hydrogen-bond donors (Lipinski definition) is 2. The largest absolute Gasteiger partial charge is 0.394 e. The van der Waals surface area contributed by atoms with Crippen LogP contribution in [0.3, 0.4) is 0 Å². The molecule has 0 aliphatic carbocycles. The Morgan fingerprint density at radius 3 is 1.18 bits per heavy atom. The van der Waals surface area contributed by atoms with Crippen molar-refractivity contribution in [1.29, 1.82) is 0 Å². The van der Waals surface area contributed by atoms with E-state index in [1.807, 2.05) is 182 Å². The van der Waals surface area contributed by atoms with Gasteiger partial charge < -0.3 is 52.8 Å². The summed E-state index contributed by atoms with van der Waals surface area (Å²) < 4.78 is 60.6. The molecule has 2 N–H and O–H groups in total. The number of hydrogen-bond acceptors (Lipinski definition) is 11. The average molecular weight is 911 g/mol. The van der Waals surface area contributed by atoms with Crippen molar-refractivity contribution in [2.75, 3.05) is 20.3 Å². The molecule has 11 atom stereocenters. The van der Waals surface area contributed by atoms with Gasteiger partial charge in [-0.3, -0.25) is 0 Å². The van der Waals surface area contributed by atoms with E-state index >= 15 is 0 Å². The van der Waals surface area contributed by atoms with E-state index in [1.165, 1.54) is 7.11 Å². The molecule has 6 aromatic rings. The van der Waals surface area contributed by atoms with Crippen LogP contribution in [-0.2, 0) is 82.3 Å². The third-order valence-electron chi connectivity index (χ3n) is 12.3. The third-order valence-corrected chi connectivity index (χ3v) is 12.3. The maximum absolute atomic E-state index is 13.5. The van der Waals surface area contributed by atoms with Crippen molar-refractivity contribution in [1.82, 2.24) is 0 Å². The standard InChI is InChI=1S/C56H62O11/c1-59-56-52(63-36-43-26-14-5-15-27-43)48(50(46(32-57)67-56)61-34-41-22-10-3-11-23-41)49(58)53-55(65-38-45-30-18-7-19-31-45)54(64-37-44-28-16-6-17-29-44)51(62-35-42-24-12-4-13-25-42)47(66-53)39-60-33-40-20-8-2-9-21-40/h2-31,46-58H,32-39H2,1H3/t46-,47-,48+,49?,50-,51-,52+,53-,54-,55+,56+/m1/s1. The summed E-state index contributed by atoms with van der Waals surface area (Å²) in [6.07, 6.45) is -9.41. The number of aliphatic hydroxyl groups excluding tert-OH is 2. The summed E-state index contributed by atoms with van der Waals surface area (Å²) in [4.78, 5) is 0. The van der Waals surface area contributed by atoms with Crippen molar-refractivity contribution in [3.63, 3.8) is 0 Å². The zero-order valence-electron chi connectivity index (χ0n) is 37.9. The van der Waals surface area contributed by atoms with Crippen molar-refractivity contribution in [3.8, 4) is 0 Å². The summed E-state index contributed by atoms with van der Waals surface area (Å²) in [6, 6.07) is 59.2. The van der Waals surface area contributed by atoms with E-state index in [1.54, 1.807) is 0 Å². The quantitative estimate of drug-likeness (QED) is 0.0647. The van der Waals surface area contributed by atoms with E-state index < -0.39 is 73.8 Å². The van der Waals surface area contributed by atoms with Crippen LogP contribution in [0.2, 0.25) is 0 Å². The summed E-state index contributed by atoms with van der Waals surface area (Å²) in [7, 11) is 1.53. The summed E-state index contributed by atoms with van der Waals surface area (Å²) >= 11 is 0. The minimum atomic E-state index is -1.38. The molecule has 2 fully saturated rings. The first-order valence-corrected chi connectivity index (χ1v) is 23.1. The van der Waals surface area contributed by atoms with Gasteiger partial charge in [-0.2, -0.15) is 0 Å². The predicted octanol–water partition coefficient (Wildman–Crippen LogP) is 8.24. The lowest BCUT2D eigenvalue weighted by Crippen LogP contribution is -2.68. The number of rotatable bonds is 23. The van der Waals surface area contributed by atoms with E-state index in [4.69, 9.17) is 42.6 Å². The van der Waals surface area contributed by atoms with Crippen LogP contribution in [0.15, 0.2) is 182 Å². The van der Waals surface area contributed by atoms with Crippen molar-refractivity contribution in [2.45, 2.75) is 101 Å². The second-order valence-electron chi connectivity index (χ2n) is 17.0. The minimum absolute atomic E-state index is 0.101. The summed E-state index contributed by atoms with van der Waals surface area (Å²) in [6.45, 7) is 1.02. The lowest BCUT2D eigenvalue weighted by Gasteiger charge is -2.52. The smallest absolute Gasteiger partial charge is 0.184 e. The van der Waals surface area contributed by atoms with Crippen LogP contribution >= 0.6 is 0 Å². The van der Waals surface area contributed by atoms with Gasteiger partial charge in [-0.1, -0.05) is 182 Å². The van der Waals surface area contributed by atoms with Crippen LogP contribution < -0.4 is 0 Å². The summed E-state index contributed by atoms with van der Waals surface area (Å²) in [5, 5.41) is 24.4. The fraction of sp³-hybridized carbons (Fsp3) is 0.357. The fourth-order valence-electron chi connectivity index (χ4n) is 8.93. The first kappa shape index (κ1) is 48.3. The van der Waals surface area contributed by atoms with E-state index in [-0.39, 0.29) is 39.6 Å². The molecule has 11 nitrogen and oxygen atoms in total. The number of benzene rings is 6. The topological polar surface area (TPSA) is 124 Å². The highest BCUT2D eigenvalue weighted by Gasteiger charge is 2.57. The van der Waals surface area contributed by atoms with Crippen LogP contribution in [0.25, 0.3) is 0 Å². The van der Waals surface area contributed by atoms with Gasteiger partial charge in [0.2, 0.25) is 0 Å². The maximum atomic E-state index is 13.5. The highest BCUT2D eigenvalue weighted by molar-refractivity contribution is 5.19. The van der Waals surface area contributed by atoms with Gasteiger partial charge in [0.05, 0.1) is 65.1 Å². The minimum Gasteiger partial charge on any atom is -0.394 e. The van der Waals surface area contributed by atoms with E-state index in [9.17, 15) is 10.2 Å². The van der Waals surface area contributed by atoms with Gasteiger partial charge in [-0.15, -0.1) is 0 Å². The summed E-state index contributed by atoms with van der Waals surface area (Å²) in [5.41, 5.74) is 5.66. The van der Waals surface area contributed by atoms with Crippen LogP contribution in [0, 0.1) is 5.92 Å². The first-order valence-electron chi connectivity index (χ1n) is 23.1. The molecule has 67 heavy (non-hydrogen) atoms. The lowest BCUT2D eigenvalue weighted by molar-refractivity contribution is -0.333. The molecule has 0 radical (unpaired) electrons. The first-order chi connectivity index (χ1) is 33.1. The van der Waals surface area contributed by atoms with E-state index in [0.29, 0.717) is 6.61 Å². The van der Waals surface area contributed by atoms with Gasteiger partial charge in [0.25, 0.3) is 0 Å². The fourth-order valence-corrected chi connectivity index (χ4v) is 8.93. The Kier molecular flexibility index (Phi) is 18.3. The number of aliphatic hydroxyl groups is 2. The molecule has 0 aromatic heterocycles. The molecule has 2 aliphatic rings. The Morgan fingerprint density at radius 2 is 0.776 bits per heavy atom. The van der Waals surface area contributed by atoms with Crippen LogP contribution in [0.5, 0.6) is 0 Å². The van der Waals surface area contributed by atoms with E-state index in [2.05, 4.69) is 0 Å². The molecule has 1 unspecified atom stereocenters. The van der Waals surface area contributed by atoms with Crippen LogP contribution in [-0.4, -0.2) is 91.8 Å². The third kappa shape index (κ3) is 13.3. The Balaban J connectivity index is 1.21. The number of ether oxygens (including phenoxy) is 9. The van der Waals surface area contributed by atoms with Crippen molar-refractivity contribution in [3.05, 3.63) is 215 Å². The normalized spacial score (nSPS) is 25.7. The molecule has 352 valence electrons. The Labute approximate surface area is 394 Å². The van der Waals surface area contributed by atoms with Crippen molar-refractivity contribution in [2.24, 2.45) is 5.92 Å². The Hall–Kier alpha value is -5.12. The van der Waals surface area contributed by atoms with Gasteiger partial charge in [-0.05, 0) is 33.4 Å². The maximum Gasteiger partial charge on any atom is 0.184 e. The van der Waals surface area contributed by atoms with Gasteiger partial charge >= 0.3 is 0 Å². The lowest BCUT2D eigenvalue weighted by atomic mass is 9.78. The highest BCUT2D eigenvalue weighted by atomic mass is 16.7. The molecule has 2 saturated heterocycles. The van der Waals surface area contributed by atoms with Gasteiger partial charge in [0.1, 0.15) is 42.7 Å². The second kappa shape index (κ2) is 25.3. The molecule has 6 aromatic carbocycles. The summed E-state index contributed by atoms with van der Waals surface area (Å²) in [5.74, 6) is -0.904. The molecule has 2 heterocycles. The molecule has 8 rings (SSSR count). The van der Waals surface area contributed by atoms with Gasteiger partial charge in [-0.25, -0.2) is 0 Å². The van der Waals surface area contributed by atoms with Gasteiger partial charge in [0.15, 0.2) is 6.29 Å². The van der Waals surface area contributed by atoms with E-state index in [0.717, 1.165) is 33.4 Å². The zero-order valence-corrected chi connectivity index (χ0v) is 37.9. The Bertz CT molecular complexity index is 2200. The molecule has 0 saturated carbocycles. The average Bonchev–Trinajstić information content (AvgIpc) is 3.39. The predicted molar refractivity (Wildman–Crippen MR) is 252 cm³/mol.